The summed E-state index contributed by atoms with van der Waals surface area (Å²) in [6.07, 6.45) is 6.37. The second-order valence-corrected chi connectivity index (χ2v) is 15.3. The lowest BCUT2D eigenvalue weighted by Crippen LogP contribution is -2.49. The Hall–Kier alpha value is -6.48. The van der Waals surface area contributed by atoms with E-state index in [1.165, 1.54) is 9.80 Å². The molecule has 2 aliphatic heterocycles. The van der Waals surface area contributed by atoms with Crippen LogP contribution in [0.4, 0.5) is 11.4 Å². The summed E-state index contributed by atoms with van der Waals surface area (Å²) >= 11 is 0. The zero-order chi connectivity index (χ0) is 38.9. The topological polar surface area (TPSA) is 113 Å². The molecule has 0 spiro atoms. The quantitative estimate of drug-likeness (QED) is 0.102. The van der Waals surface area contributed by atoms with E-state index in [0.29, 0.717) is 34.9 Å². The minimum Gasteiger partial charge on any atom is -0.508 e. The van der Waals surface area contributed by atoms with Crippen LogP contribution in [0.15, 0.2) is 121 Å². The number of fused-ring (bicyclic) bond motifs is 5. The van der Waals surface area contributed by atoms with Gasteiger partial charge in [0.15, 0.2) is 0 Å². The van der Waals surface area contributed by atoms with Gasteiger partial charge in [-0.3, -0.25) is 24.1 Å². The summed E-state index contributed by atoms with van der Waals surface area (Å²) in [4.78, 5) is 60.9. The van der Waals surface area contributed by atoms with Gasteiger partial charge in [-0.1, -0.05) is 84.5 Å². The monoisotopic (exact) mass is 744 g/mol. The van der Waals surface area contributed by atoms with Crippen LogP contribution in [0.25, 0.3) is 22.9 Å². The number of phenolic OH excluding ortho intramolecular Hbond substituents is 1. The first-order chi connectivity index (χ1) is 27.1. The molecule has 4 amide bonds. The largest absolute Gasteiger partial charge is 0.508 e. The third-order valence-corrected chi connectivity index (χ3v) is 12.6. The molecule has 2 saturated heterocycles. The standard InChI is InChI=1S/C47H40N2O7/c1-47-37(44(52)49(46(47)54)30-10-5-4-6-11-30)26-36-34(42(47)41-33-12-8-7-9-28(33)17-23-38(41)50)21-22-35-40(36)45(53)48(43(35)51)31-18-14-27(15-19-31)13-16-29-25-32(55-2)20-24-39(29)56-3/h4-21,23-25,35-37,40,42,50H,22,26H2,1-3H3/t35-,36+,37-,40-,42+,47+/m0/s1. The summed E-state index contributed by atoms with van der Waals surface area (Å²) in [5.41, 5.74) is 2.75. The first-order valence-electron chi connectivity index (χ1n) is 18.9. The molecule has 0 bridgehead atoms. The molecule has 0 unspecified atom stereocenters. The van der Waals surface area contributed by atoms with Gasteiger partial charge < -0.3 is 14.6 Å². The average molecular weight is 745 g/mol. The molecule has 56 heavy (non-hydrogen) atoms. The number of carbonyl (C=O) groups is 4. The molecule has 3 fully saturated rings. The van der Waals surface area contributed by atoms with Crippen LogP contribution in [0.1, 0.15) is 42.4 Å². The number of para-hydroxylation sites is 1. The molecular formula is C47H40N2O7. The minimum atomic E-state index is -1.27. The lowest BCUT2D eigenvalue weighted by atomic mass is 9.51. The van der Waals surface area contributed by atoms with Crippen LogP contribution in [0.3, 0.4) is 0 Å². The number of imide groups is 2. The zero-order valence-electron chi connectivity index (χ0n) is 31.2. The number of amides is 4. The van der Waals surface area contributed by atoms with Gasteiger partial charge in [-0.25, -0.2) is 4.90 Å². The molecule has 9 heteroatoms. The Morgan fingerprint density at radius 3 is 2.21 bits per heavy atom. The Morgan fingerprint density at radius 1 is 0.732 bits per heavy atom. The van der Waals surface area contributed by atoms with Crippen molar-refractivity contribution in [1.82, 2.24) is 0 Å². The highest BCUT2D eigenvalue weighted by atomic mass is 16.5. The lowest BCUT2D eigenvalue weighted by Gasteiger charge is -2.49. The van der Waals surface area contributed by atoms with Crippen molar-refractivity contribution in [2.45, 2.75) is 25.7 Å². The SMILES string of the molecule is COc1ccc(OC)c(C=Cc2ccc(N3C(=O)[C@H]4[C@H](CC=C5[C@H]4C[C@H]4C(=O)N(c6ccccc6)C(=O)[C@@]4(C)[C@H]5c4c(O)ccc5ccccc45)C3=O)cc2)c1. The van der Waals surface area contributed by atoms with E-state index < -0.39 is 35.0 Å². The van der Waals surface area contributed by atoms with E-state index in [4.69, 9.17) is 9.47 Å². The lowest BCUT2D eigenvalue weighted by molar-refractivity contribution is -0.131. The number of phenols is 1. The number of aromatic hydroxyl groups is 1. The van der Waals surface area contributed by atoms with Crippen molar-refractivity contribution in [3.63, 3.8) is 0 Å². The number of nitrogens with zero attached hydrogens (tertiary/aromatic N) is 2. The number of hydrogen-bond donors (Lipinski definition) is 1. The maximum absolute atomic E-state index is 14.8. The highest BCUT2D eigenvalue weighted by Crippen LogP contribution is 2.65. The molecule has 9 rings (SSSR count). The van der Waals surface area contributed by atoms with Gasteiger partial charge in [-0.2, -0.15) is 0 Å². The van der Waals surface area contributed by atoms with E-state index in [2.05, 4.69) is 0 Å². The maximum Gasteiger partial charge on any atom is 0.241 e. The number of allylic oxidation sites excluding steroid dienone is 2. The van der Waals surface area contributed by atoms with Crippen molar-refractivity contribution in [2.75, 3.05) is 24.0 Å². The van der Waals surface area contributed by atoms with Gasteiger partial charge >= 0.3 is 0 Å². The fourth-order valence-electron chi connectivity index (χ4n) is 9.88. The minimum absolute atomic E-state index is 0.0187. The molecule has 1 N–H and O–H groups in total. The smallest absolute Gasteiger partial charge is 0.241 e. The van der Waals surface area contributed by atoms with Crippen LogP contribution in [0, 0.1) is 29.1 Å². The number of carbonyl (C=O) groups excluding carboxylic acids is 4. The van der Waals surface area contributed by atoms with E-state index in [9.17, 15) is 24.3 Å². The van der Waals surface area contributed by atoms with Gasteiger partial charge in [-0.05, 0) is 90.6 Å². The number of benzene rings is 5. The Labute approximate surface area is 324 Å². The molecular weight excluding hydrogens is 705 g/mol. The second-order valence-electron chi connectivity index (χ2n) is 15.3. The van der Waals surface area contributed by atoms with E-state index in [1.807, 2.05) is 91.9 Å². The van der Waals surface area contributed by atoms with Gasteiger partial charge in [0.05, 0.1) is 48.8 Å². The Kier molecular flexibility index (Phi) is 8.41. The molecule has 0 radical (unpaired) electrons. The summed E-state index contributed by atoms with van der Waals surface area (Å²) in [6.45, 7) is 1.84. The van der Waals surface area contributed by atoms with Gasteiger partial charge in [-0.15, -0.1) is 0 Å². The maximum atomic E-state index is 14.8. The third kappa shape index (κ3) is 5.21. The van der Waals surface area contributed by atoms with Crippen molar-refractivity contribution >= 4 is 57.9 Å². The fraction of sp³-hybridized carbons (Fsp3) is 0.234. The average Bonchev–Trinajstić information content (AvgIpc) is 3.60. The Balaban J connectivity index is 1.09. The molecule has 9 nitrogen and oxygen atoms in total. The number of hydrogen-bond acceptors (Lipinski definition) is 7. The molecule has 5 aromatic rings. The Morgan fingerprint density at radius 2 is 1.46 bits per heavy atom. The fourth-order valence-corrected chi connectivity index (χ4v) is 9.88. The van der Waals surface area contributed by atoms with Crippen molar-refractivity contribution in [3.05, 3.63) is 138 Å². The molecule has 5 aromatic carbocycles. The summed E-state index contributed by atoms with van der Waals surface area (Å²) in [5.74, 6) is -3.26. The highest BCUT2D eigenvalue weighted by Gasteiger charge is 2.68. The second kappa shape index (κ2) is 13.4. The highest BCUT2D eigenvalue weighted by molar-refractivity contribution is 6.25. The number of rotatable bonds is 7. The molecule has 2 heterocycles. The summed E-state index contributed by atoms with van der Waals surface area (Å²) in [7, 11) is 3.22. The zero-order valence-corrected chi connectivity index (χ0v) is 31.2. The summed E-state index contributed by atoms with van der Waals surface area (Å²) in [6, 6.07) is 32.9. The van der Waals surface area contributed by atoms with Gasteiger partial charge in [0.2, 0.25) is 23.6 Å². The number of anilines is 2. The van der Waals surface area contributed by atoms with E-state index in [-0.39, 0.29) is 35.8 Å². The third-order valence-electron chi connectivity index (χ3n) is 12.6. The first kappa shape index (κ1) is 35.2. The summed E-state index contributed by atoms with van der Waals surface area (Å²) < 4.78 is 10.9. The van der Waals surface area contributed by atoms with Crippen LogP contribution >= 0.6 is 0 Å². The van der Waals surface area contributed by atoms with Crippen molar-refractivity contribution in [3.8, 4) is 17.2 Å². The number of ether oxygens (including phenoxy) is 2. The predicted molar refractivity (Wildman–Crippen MR) is 214 cm³/mol. The van der Waals surface area contributed by atoms with Gasteiger partial charge in [0.25, 0.3) is 0 Å². The molecule has 2 aliphatic carbocycles. The van der Waals surface area contributed by atoms with Gasteiger partial charge in [0.1, 0.15) is 17.2 Å². The van der Waals surface area contributed by atoms with Crippen LogP contribution in [-0.4, -0.2) is 43.0 Å². The van der Waals surface area contributed by atoms with Crippen molar-refractivity contribution in [1.29, 1.82) is 0 Å². The summed E-state index contributed by atoms with van der Waals surface area (Å²) in [5, 5.41) is 13.3. The molecule has 0 aromatic heterocycles. The normalized spacial score (nSPS) is 25.7. The molecule has 6 atom stereocenters. The van der Waals surface area contributed by atoms with E-state index >= 15 is 0 Å². The first-order valence-corrected chi connectivity index (χ1v) is 18.9. The van der Waals surface area contributed by atoms with Crippen LogP contribution in [0.5, 0.6) is 17.2 Å². The molecule has 4 aliphatic rings. The van der Waals surface area contributed by atoms with Crippen LogP contribution < -0.4 is 19.3 Å². The Bertz CT molecular complexity index is 2510. The molecule has 1 saturated carbocycles. The van der Waals surface area contributed by atoms with Crippen LogP contribution in [-0.2, 0) is 19.2 Å². The van der Waals surface area contributed by atoms with E-state index in [1.54, 1.807) is 56.7 Å². The van der Waals surface area contributed by atoms with Crippen molar-refractivity contribution < 1.29 is 33.8 Å². The molecule has 280 valence electrons. The van der Waals surface area contributed by atoms with Gasteiger partial charge in [0, 0.05) is 17.0 Å². The van der Waals surface area contributed by atoms with Crippen molar-refractivity contribution in [2.24, 2.45) is 29.1 Å². The number of methoxy groups -OCH3 is 2. The predicted octanol–water partition coefficient (Wildman–Crippen LogP) is 8.17. The van der Waals surface area contributed by atoms with Crippen LogP contribution in [0.2, 0.25) is 0 Å². The van der Waals surface area contributed by atoms with E-state index in [0.717, 1.165) is 27.5 Å².